The average Bonchev–Trinajstić information content (AvgIpc) is 2.95. The Hall–Kier alpha value is -1.22. The van der Waals surface area contributed by atoms with Crippen LogP contribution in [0.3, 0.4) is 0 Å². The molecule has 3 heteroatoms. The van der Waals surface area contributed by atoms with Crippen LogP contribution in [0.5, 0.6) is 11.5 Å². The summed E-state index contributed by atoms with van der Waals surface area (Å²) >= 11 is 0. The maximum atomic E-state index is 11.7. The summed E-state index contributed by atoms with van der Waals surface area (Å²) in [4.78, 5) is 0. The van der Waals surface area contributed by atoms with E-state index in [-0.39, 0.29) is 10.8 Å². The van der Waals surface area contributed by atoms with Crippen molar-refractivity contribution in [2.24, 2.45) is 16.7 Å². The van der Waals surface area contributed by atoms with Crippen molar-refractivity contribution in [3.8, 4) is 11.5 Å². The smallest absolute Gasteiger partial charge is 0.161 e. The number of hydrogen-bond donors (Lipinski definition) is 1. The molecule has 3 nitrogen and oxygen atoms in total. The van der Waals surface area contributed by atoms with Crippen LogP contribution in [0, 0.1) is 16.7 Å². The van der Waals surface area contributed by atoms with Gasteiger partial charge in [-0.1, -0.05) is 26.8 Å². The van der Waals surface area contributed by atoms with Crippen LogP contribution >= 0.6 is 0 Å². The van der Waals surface area contributed by atoms with Gasteiger partial charge >= 0.3 is 0 Å². The summed E-state index contributed by atoms with van der Waals surface area (Å²) in [5, 5.41) is 11.7. The molecule has 3 aliphatic rings. The number of hydrogen-bond acceptors (Lipinski definition) is 3. The zero-order valence-corrected chi connectivity index (χ0v) is 13.1. The van der Waals surface area contributed by atoms with Gasteiger partial charge in [-0.25, -0.2) is 0 Å². The molecule has 2 fully saturated rings. The van der Waals surface area contributed by atoms with E-state index in [0.29, 0.717) is 19.1 Å². The second-order valence-electron chi connectivity index (χ2n) is 7.79. The highest BCUT2D eigenvalue weighted by atomic mass is 16.6. The van der Waals surface area contributed by atoms with Gasteiger partial charge in [0.25, 0.3) is 0 Å². The van der Waals surface area contributed by atoms with Crippen LogP contribution in [-0.4, -0.2) is 18.3 Å². The van der Waals surface area contributed by atoms with Crippen LogP contribution in [0.15, 0.2) is 18.2 Å². The molecule has 2 bridgehead atoms. The molecule has 21 heavy (non-hydrogen) atoms. The Balaban J connectivity index is 1.85. The Morgan fingerprint density at radius 2 is 1.81 bits per heavy atom. The van der Waals surface area contributed by atoms with Gasteiger partial charge < -0.3 is 14.6 Å². The lowest BCUT2D eigenvalue weighted by Gasteiger charge is -2.51. The zero-order valence-electron chi connectivity index (χ0n) is 13.1. The first-order valence-corrected chi connectivity index (χ1v) is 8.01. The van der Waals surface area contributed by atoms with Gasteiger partial charge in [0, 0.05) is 10.8 Å². The van der Waals surface area contributed by atoms with Gasteiger partial charge in [-0.05, 0) is 42.9 Å². The van der Waals surface area contributed by atoms with Crippen molar-refractivity contribution in [3.05, 3.63) is 23.8 Å². The van der Waals surface area contributed by atoms with Crippen LogP contribution < -0.4 is 9.47 Å². The number of rotatable bonds is 1. The summed E-state index contributed by atoms with van der Waals surface area (Å²) in [7, 11) is 0. The lowest BCUT2D eigenvalue weighted by molar-refractivity contribution is -0.150. The van der Waals surface area contributed by atoms with E-state index in [2.05, 4.69) is 20.8 Å². The minimum atomic E-state index is -0.793. The van der Waals surface area contributed by atoms with Gasteiger partial charge in [0.05, 0.1) is 0 Å². The van der Waals surface area contributed by atoms with Crippen molar-refractivity contribution in [3.63, 3.8) is 0 Å². The van der Waals surface area contributed by atoms with Crippen LogP contribution in [0.25, 0.3) is 0 Å². The number of benzene rings is 1. The van der Waals surface area contributed by atoms with Crippen LogP contribution in [0.2, 0.25) is 0 Å². The van der Waals surface area contributed by atoms with Crippen molar-refractivity contribution >= 4 is 0 Å². The molecule has 1 aliphatic heterocycles. The summed E-state index contributed by atoms with van der Waals surface area (Å²) in [5.74, 6) is 2.16. The minimum absolute atomic E-state index is 0.0368. The summed E-state index contributed by atoms with van der Waals surface area (Å²) < 4.78 is 11.3. The van der Waals surface area contributed by atoms with E-state index < -0.39 is 5.60 Å². The summed E-state index contributed by atoms with van der Waals surface area (Å²) in [6.07, 6.45) is 3.45. The Bertz CT molecular complexity index is 587. The molecule has 114 valence electrons. The van der Waals surface area contributed by atoms with Crippen molar-refractivity contribution in [1.82, 2.24) is 0 Å². The Labute approximate surface area is 126 Å². The number of aliphatic hydroxyl groups is 1. The van der Waals surface area contributed by atoms with Crippen LogP contribution in [-0.2, 0) is 5.60 Å². The highest BCUT2D eigenvalue weighted by Crippen LogP contribution is 2.71. The van der Waals surface area contributed by atoms with Gasteiger partial charge in [0.1, 0.15) is 18.8 Å². The topological polar surface area (TPSA) is 38.7 Å². The lowest BCUT2D eigenvalue weighted by atomic mass is 9.58. The normalized spacial score (nSPS) is 39.5. The summed E-state index contributed by atoms with van der Waals surface area (Å²) in [5.41, 5.74) is 0.0504. The van der Waals surface area contributed by atoms with E-state index in [1.807, 2.05) is 18.2 Å². The molecule has 1 aromatic rings. The Kier molecular flexibility index (Phi) is 2.53. The molecule has 0 radical (unpaired) electrons. The molecular weight excluding hydrogens is 264 g/mol. The fourth-order valence-corrected chi connectivity index (χ4v) is 5.25. The summed E-state index contributed by atoms with van der Waals surface area (Å²) in [6, 6.07) is 5.98. The number of ether oxygens (including phenoxy) is 2. The van der Waals surface area contributed by atoms with E-state index in [1.165, 1.54) is 6.42 Å². The summed E-state index contributed by atoms with van der Waals surface area (Å²) in [6.45, 7) is 7.87. The molecule has 4 rings (SSSR count). The molecule has 3 unspecified atom stereocenters. The first-order valence-electron chi connectivity index (χ1n) is 8.01. The predicted molar refractivity (Wildman–Crippen MR) is 80.6 cm³/mol. The van der Waals surface area contributed by atoms with E-state index in [1.54, 1.807) is 0 Å². The average molecular weight is 288 g/mol. The first-order chi connectivity index (χ1) is 9.88. The molecular formula is C18H24O3. The van der Waals surface area contributed by atoms with Gasteiger partial charge in [0.15, 0.2) is 11.5 Å². The fourth-order valence-electron chi connectivity index (χ4n) is 5.25. The van der Waals surface area contributed by atoms with Crippen molar-refractivity contribution < 1.29 is 14.6 Å². The molecule has 1 N–H and O–H groups in total. The van der Waals surface area contributed by atoms with Crippen LogP contribution in [0.1, 0.15) is 45.6 Å². The Morgan fingerprint density at radius 1 is 1.10 bits per heavy atom. The monoisotopic (exact) mass is 288 g/mol. The molecule has 0 spiro atoms. The Morgan fingerprint density at radius 3 is 2.48 bits per heavy atom. The van der Waals surface area contributed by atoms with E-state index >= 15 is 0 Å². The molecule has 0 amide bonds. The quantitative estimate of drug-likeness (QED) is 0.859. The van der Waals surface area contributed by atoms with E-state index in [4.69, 9.17) is 9.47 Å². The maximum Gasteiger partial charge on any atom is 0.161 e. The van der Waals surface area contributed by atoms with E-state index in [0.717, 1.165) is 29.9 Å². The second kappa shape index (κ2) is 3.95. The molecule has 3 atom stereocenters. The third-order valence-corrected chi connectivity index (χ3v) is 6.53. The molecule has 1 heterocycles. The molecule has 2 saturated carbocycles. The van der Waals surface area contributed by atoms with Crippen molar-refractivity contribution in [2.75, 3.05) is 13.2 Å². The SMILES string of the molecule is CC12CCC(C1)C(C)(C)C2(O)c1ccc2c(c1)OCCO2. The fraction of sp³-hybridized carbons (Fsp3) is 0.667. The lowest BCUT2D eigenvalue weighted by Crippen LogP contribution is -2.51. The largest absolute Gasteiger partial charge is 0.486 e. The van der Waals surface area contributed by atoms with Gasteiger partial charge in [-0.3, -0.25) is 0 Å². The van der Waals surface area contributed by atoms with Crippen molar-refractivity contribution in [1.29, 1.82) is 0 Å². The standard InChI is InChI=1S/C18H24O3/c1-16(2)13-6-7-17(3,11-13)18(16,19)12-4-5-14-15(10-12)21-9-8-20-14/h4-5,10,13,19H,6-9,11H2,1-3H3. The van der Waals surface area contributed by atoms with E-state index in [9.17, 15) is 5.11 Å². The zero-order chi connectivity index (χ0) is 14.9. The van der Waals surface area contributed by atoms with Crippen LogP contribution in [0.4, 0.5) is 0 Å². The molecule has 0 saturated heterocycles. The highest BCUT2D eigenvalue weighted by molar-refractivity contribution is 5.47. The third kappa shape index (κ3) is 1.48. The first kappa shape index (κ1) is 13.4. The minimum Gasteiger partial charge on any atom is -0.486 e. The molecule has 2 aliphatic carbocycles. The molecule has 0 aromatic heterocycles. The second-order valence-corrected chi connectivity index (χ2v) is 7.79. The van der Waals surface area contributed by atoms with Gasteiger partial charge in [0.2, 0.25) is 0 Å². The molecule has 1 aromatic carbocycles. The van der Waals surface area contributed by atoms with Gasteiger partial charge in [-0.2, -0.15) is 0 Å². The predicted octanol–water partition coefficient (Wildman–Crippen LogP) is 3.49. The maximum absolute atomic E-state index is 11.7. The highest BCUT2D eigenvalue weighted by Gasteiger charge is 2.69. The third-order valence-electron chi connectivity index (χ3n) is 6.53. The van der Waals surface area contributed by atoms with Gasteiger partial charge in [-0.15, -0.1) is 0 Å². The van der Waals surface area contributed by atoms with Crippen molar-refractivity contribution in [2.45, 2.75) is 45.6 Å². The number of fused-ring (bicyclic) bond motifs is 3.